The summed E-state index contributed by atoms with van der Waals surface area (Å²) in [6.07, 6.45) is -1.77. The molecule has 24 heavy (non-hydrogen) atoms. The number of hydrogen-bond donors (Lipinski definition) is 2. The maximum absolute atomic E-state index is 12.3. The van der Waals surface area contributed by atoms with Crippen LogP contribution in [0.3, 0.4) is 0 Å². The molecule has 1 fully saturated rings. The number of sulfonamides is 1. The topological polar surface area (TPSA) is 80.3 Å². The van der Waals surface area contributed by atoms with E-state index in [4.69, 9.17) is 0 Å². The lowest BCUT2D eigenvalue weighted by Gasteiger charge is -2.34. The molecule has 2 rings (SSSR count). The van der Waals surface area contributed by atoms with Crippen LogP contribution >= 0.6 is 0 Å². The van der Waals surface area contributed by atoms with Gasteiger partial charge < -0.3 is 10.1 Å². The molecule has 1 aliphatic heterocycles. The first-order valence-electron chi connectivity index (χ1n) is 7.46. The largest absolute Gasteiger partial charge is 0.468 e. The average Bonchev–Trinajstić information content (AvgIpc) is 2.52. The fourth-order valence-corrected chi connectivity index (χ4v) is 3.47. The van der Waals surface area contributed by atoms with E-state index in [-0.39, 0.29) is 16.2 Å². The molecule has 0 saturated carbocycles. The van der Waals surface area contributed by atoms with Gasteiger partial charge in [0.1, 0.15) is 4.90 Å². The normalized spacial score (nSPS) is 18.3. The number of nitrogens with one attached hydrogen (secondary N) is 2. The maximum Gasteiger partial charge on any atom is 0.422 e. The van der Waals surface area contributed by atoms with E-state index in [2.05, 4.69) is 19.8 Å². The predicted molar refractivity (Wildman–Crippen MR) is 81.2 cm³/mol. The molecule has 136 valence electrons. The Morgan fingerprint density at radius 2 is 2.00 bits per heavy atom. The van der Waals surface area contributed by atoms with Gasteiger partial charge in [-0.15, -0.1) is 0 Å². The summed E-state index contributed by atoms with van der Waals surface area (Å²) in [5, 5.41) is 3.22. The van der Waals surface area contributed by atoms with Gasteiger partial charge in [-0.05, 0) is 37.4 Å². The Morgan fingerprint density at radius 3 is 2.54 bits per heavy atom. The summed E-state index contributed by atoms with van der Waals surface area (Å²) >= 11 is 0. The third kappa shape index (κ3) is 5.60. The molecule has 0 aromatic carbocycles. The fourth-order valence-electron chi connectivity index (χ4n) is 2.33. The van der Waals surface area contributed by atoms with Crippen molar-refractivity contribution in [3.8, 4) is 5.88 Å². The molecule has 10 heteroatoms. The lowest BCUT2D eigenvalue weighted by atomic mass is 9.81. The van der Waals surface area contributed by atoms with Crippen molar-refractivity contribution in [1.82, 2.24) is 15.0 Å². The number of piperidine rings is 1. The molecule has 1 aromatic heterocycles. The molecule has 2 heterocycles. The van der Waals surface area contributed by atoms with Gasteiger partial charge in [-0.2, -0.15) is 13.2 Å². The van der Waals surface area contributed by atoms with E-state index in [1.165, 1.54) is 6.07 Å². The molecule has 0 radical (unpaired) electrons. The van der Waals surface area contributed by atoms with Gasteiger partial charge in [0.15, 0.2) is 6.61 Å². The Morgan fingerprint density at radius 1 is 1.33 bits per heavy atom. The van der Waals surface area contributed by atoms with Gasteiger partial charge in [-0.1, -0.05) is 6.92 Å². The first-order chi connectivity index (χ1) is 11.1. The van der Waals surface area contributed by atoms with E-state index >= 15 is 0 Å². The molecule has 0 aliphatic carbocycles. The van der Waals surface area contributed by atoms with Crippen LogP contribution in [-0.2, 0) is 10.0 Å². The van der Waals surface area contributed by atoms with Gasteiger partial charge in [0.25, 0.3) is 0 Å². The maximum atomic E-state index is 12.3. The Labute approximate surface area is 138 Å². The van der Waals surface area contributed by atoms with E-state index in [0.29, 0.717) is 6.54 Å². The quantitative estimate of drug-likeness (QED) is 0.800. The van der Waals surface area contributed by atoms with E-state index in [1.807, 2.05) is 6.92 Å². The zero-order valence-electron chi connectivity index (χ0n) is 13.2. The monoisotopic (exact) mass is 367 g/mol. The number of alkyl halides is 3. The fraction of sp³-hybridized carbons (Fsp3) is 0.643. The average molecular weight is 367 g/mol. The second-order valence-corrected chi connectivity index (χ2v) is 7.89. The summed E-state index contributed by atoms with van der Waals surface area (Å²) in [4.78, 5) is 3.50. The van der Waals surface area contributed by atoms with Crippen molar-refractivity contribution in [2.45, 2.75) is 30.8 Å². The minimum Gasteiger partial charge on any atom is -0.468 e. The number of hydrogen-bond acceptors (Lipinski definition) is 5. The first-order valence-corrected chi connectivity index (χ1v) is 8.94. The van der Waals surface area contributed by atoms with Crippen LogP contribution in [0.5, 0.6) is 5.88 Å². The first kappa shape index (κ1) is 18.9. The van der Waals surface area contributed by atoms with Crippen molar-refractivity contribution < 1.29 is 26.3 Å². The Hall–Kier alpha value is -1.39. The van der Waals surface area contributed by atoms with Crippen LogP contribution in [0, 0.1) is 5.41 Å². The highest BCUT2D eigenvalue weighted by Gasteiger charge is 2.30. The minimum absolute atomic E-state index is 0.112. The number of aromatic nitrogens is 1. The van der Waals surface area contributed by atoms with Crippen LogP contribution < -0.4 is 14.8 Å². The molecule has 1 saturated heterocycles. The van der Waals surface area contributed by atoms with E-state index in [0.717, 1.165) is 38.2 Å². The summed E-state index contributed by atoms with van der Waals surface area (Å²) in [5.74, 6) is -0.281. The second kappa shape index (κ2) is 7.24. The highest BCUT2D eigenvalue weighted by Crippen LogP contribution is 2.27. The molecular weight excluding hydrogens is 347 g/mol. The molecular formula is C14H20F3N3O3S. The van der Waals surface area contributed by atoms with Crippen LogP contribution in [0.25, 0.3) is 0 Å². The number of nitrogens with zero attached hydrogens (tertiary/aromatic N) is 1. The molecule has 0 amide bonds. The number of ether oxygens (including phenoxy) is 1. The van der Waals surface area contributed by atoms with Crippen molar-refractivity contribution in [1.29, 1.82) is 0 Å². The highest BCUT2D eigenvalue weighted by atomic mass is 32.2. The van der Waals surface area contributed by atoms with Crippen LogP contribution in [-0.4, -0.2) is 45.8 Å². The van der Waals surface area contributed by atoms with Crippen LogP contribution in [0.2, 0.25) is 0 Å². The summed E-state index contributed by atoms with van der Waals surface area (Å²) < 4.78 is 67.7. The summed E-state index contributed by atoms with van der Waals surface area (Å²) in [6.45, 7) is 2.51. The molecule has 0 unspecified atom stereocenters. The standard InChI is InChI=1S/C14H20F3N3O3S/c1-13(4-6-18-7-5-13)9-20-24(21,22)11-2-3-12(19-8-11)23-10-14(15,16)17/h2-3,8,18,20H,4-7,9-10H2,1H3. The summed E-state index contributed by atoms with van der Waals surface area (Å²) in [6, 6.07) is 2.28. The minimum atomic E-state index is -4.47. The molecule has 1 aliphatic rings. The number of pyridine rings is 1. The smallest absolute Gasteiger partial charge is 0.422 e. The molecule has 0 spiro atoms. The van der Waals surface area contributed by atoms with Gasteiger partial charge >= 0.3 is 6.18 Å². The van der Waals surface area contributed by atoms with Gasteiger partial charge in [0, 0.05) is 12.6 Å². The van der Waals surface area contributed by atoms with Crippen molar-refractivity contribution in [3.63, 3.8) is 0 Å². The van der Waals surface area contributed by atoms with Gasteiger partial charge in [-0.25, -0.2) is 18.1 Å². The van der Waals surface area contributed by atoms with Crippen LogP contribution in [0.15, 0.2) is 23.2 Å². The second-order valence-electron chi connectivity index (χ2n) is 6.12. The van der Waals surface area contributed by atoms with E-state index in [9.17, 15) is 21.6 Å². The zero-order valence-corrected chi connectivity index (χ0v) is 14.0. The zero-order chi connectivity index (χ0) is 17.8. The lowest BCUT2D eigenvalue weighted by molar-refractivity contribution is -0.154. The van der Waals surface area contributed by atoms with Crippen LogP contribution in [0.4, 0.5) is 13.2 Å². The SMILES string of the molecule is CC1(CNS(=O)(=O)c2ccc(OCC(F)(F)F)nc2)CCNCC1. The third-order valence-corrected chi connectivity index (χ3v) is 5.29. The highest BCUT2D eigenvalue weighted by molar-refractivity contribution is 7.89. The Balaban J connectivity index is 1.96. The molecule has 6 nitrogen and oxygen atoms in total. The van der Waals surface area contributed by atoms with Crippen LogP contribution in [0.1, 0.15) is 19.8 Å². The lowest BCUT2D eigenvalue weighted by Crippen LogP contribution is -2.42. The van der Waals surface area contributed by atoms with Gasteiger partial charge in [0.2, 0.25) is 15.9 Å². The summed E-state index contributed by atoms with van der Waals surface area (Å²) in [5.41, 5.74) is -0.124. The third-order valence-electron chi connectivity index (χ3n) is 3.90. The molecule has 2 N–H and O–H groups in total. The Bertz CT molecular complexity index is 641. The van der Waals surface area contributed by atoms with Crippen molar-refractivity contribution >= 4 is 10.0 Å². The number of halogens is 3. The van der Waals surface area contributed by atoms with Crippen molar-refractivity contribution in [2.75, 3.05) is 26.2 Å². The number of rotatable bonds is 6. The van der Waals surface area contributed by atoms with Crippen molar-refractivity contribution in [3.05, 3.63) is 18.3 Å². The summed E-state index contributed by atoms with van der Waals surface area (Å²) in [7, 11) is -3.77. The molecule has 0 atom stereocenters. The molecule has 0 bridgehead atoms. The van der Waals surface area contributed by atoms with Gasteiger partial charge in [-0.3, -0.25) is 0 Å². The van der Waals surface area contributed by atoms with Crippen molar-refractivity contribution in [2.24, 2.45) is 5.41 Å². The Kier molecular flexibility index (Phi) is 5.71. The van der Waals surface area contributed by atoms with E-state index in [1.54, 1.807) is 0 Å². The molecule has 1 aromatic rings. The van der Waals surface area contributed by atoms with E-state index < -0.39 is 22.8 Å². The van der Waals surface area contributed by atoms with Gasteiger partial charge in [0.05, 0.1) is 6.20 Å². The predicted octanol–water partition coefficient (Wildman–Crippen LogP) is 1.69.